The molecule has 2 aromatic rings. The second kappa shape index (κ2) is 9.99. The standard InChI is InChI=1S/C20H23ClN4O4/c1-13-10-14(8-9-17(13)25(28)29)20(27)23-12-19(26)22-11-18(24(2)3)15-6-4-5-7-16(15)21/h4-10,18H,11-12H2,1-3H3,(H,22,26)(H,23,27). The van der Waals surface area contributed by atoms with Crippen LogP contribution < -0.4 is 10.6 Å². The highest BCUT2D eigenvalue weighted by molar-refractivity contribution is 6.31. The molecule has 1 atom stereocenters. The molecule has 8 nitrogen and oxygen atoms in total. The molecule has 9 heteroatoms. The fraction of sp³-hybridized carbons (Fsp3) is 0.300. The number of nitro groups is 1. The van der Waals surface area contributed by atoms with Crippen LogP contribution in [0.2, 0.25) is 5.02 Å². The molecule has 0 saturated carbocycles. The maximum Gasteiger partial charge on any atom is 0.272 e. The van der Waals surface area contributed by atoms with Crippen molar-refractivity contribution < 1.29 is 14.5 Å². The zero-order valence-electron chi connectivity index (χ0n) is 16.4. The van der Waals surface area contributed by atoms with E-state index in [4.69, 9.17) is 11.6 Å². The molecule has 0 aromatic heterocycles. The average Bonchev–Trinajstić information content (AvgIpc) is 2.66. The first-order valence-corrected chi connectivity index (χ1v) is 9.29. The minimum absolute atomic E-state index is 0.0615. The molecule has 0 saturated heterocycles. The van der Waals surface area contributed by atoms with Crippen molar-refractivity contribution in [1.82, 2.24) is 15.5 Å². The second-order valence-electron chi connectivity index (χ2n) is 6.75. The van der Waals surface area contributed by atoms with Crippen LogP contribution in [0.4, 0.5) is 5.69 Å². The van der Waals surface area contributed by atoms with Gasteiger partial charge in [-0.25, -0.2) is 0 Å². The average molecular weight is 419 g/mol. The lowest BCUT2D eigenvalue weighted by atomic mass is 10.1. The number of benzene rings is 2. The predicted molar refractivity (Wildman–Crippen MR) is 111 cm³/mol. The number of rotatable bonds is 8. The molecular weight excluding hydrogens is 396 g/mol. The highest BCUT2D eigenvalue weighted by Gasteiger charge is 2.18. The Balaban J connectivity index is 1.92. The minimum atomic E-state index is -0.509. The minimum Gasteiger partial charge on any atom is -0.353 e. The van der Waals surface area contributed by atoms with Gasteiger partial charge in [0.1, 0.15) is 0 Å². The lowest BCUT2D eigenvalue weighted by Crippen LogP contribution is -2.40. The zero-order chi connectivity index (χ0) is 21.6. The van der Waals surface area contributed by atoms with Gasteiger partial charge < -0.3 is 15.5 Å². The molecule has 2 N–H and O–H groups in total. The van der Waals surface area contributed by atoms with Gasteiger partial charge in [0.15, 0.2) is 0 Å². The van der Waals surface area contributed by atoms with Crippen molar-refractivity contribution >= 4 is 29.1 Å². The van der Waals surface area contributed by atoms with Crippen molar-refractivity contribution in [3.05, 3.63) is 74.3 Å². The van der Waals surface area contributed by atoms with Crippen LogP contribution in [0, 0.1) is 17.0 Å². The fourth-order valence-electron chi connectivity index (χ4n) is 2.85. The second-order valence-corrected chi connectivity index (χ2v) is 7.15. The highest BCUT2D eigenvalue weighted by Crippen LogP contribution is 2.25. The van der Waals surface area contributed by atoms with Crippen molar-refractivity contribution in [2.45, 2.75) is 13.0 Å². The van der Waals surface area contributed by atoms with Crippen LogP contribution >= 0.6 is 11.6 Å². The van der Waals surface area contributed by atoms with Crippen LogP contribution in [0.5, 0.6) is 0 Å². The number of carbonyl (C=O) groups excluding carboxylic acids is 2. The fourth-order valence-corrected chi connectivity index (χ4v) is 3.11. The first-order valence-electron chi connectivity index (χ1n) is 8.91. The smallest absolute Gasteiger partial charge is 0.272 e. The molecule has 0 fully saturated rings. The summed E-state index contributed by atoms with van der Waals surface area (Å²) < 4.78 is 0. The summed E-state index contributed by atoms with van der Waals surface area (Å²) in [6.07, 6.45) is 0. The number of carbonyl (C=O) groups is 2. The Hall–Kier alpha value is -2.97. The van der Waals surface area contributed by atoms with Crippen LogP contribution in [0.1, 0.15) is 27.5 Å². The Morgan fingerprint density at radius 2 is 1.86 bits per heavy atom. The normalized spacial score (nSPS) is 11.8. The summed E-state index contributed by atoms with van der Waals surface area (Å²) in [5.74, 6) is -0.829. The van der Waals surface area contributed by atoms with Crippen LogP contribution in [-0.4, -0.2) is 48.8 Å². The molecule has 0 bridgehead atoms. The molecule has 0 radical (unpaired) electrons. The number of halogens is 1. The van der Waals surface area contributed by atoms with Gasteiger partial charge in [0.2, 0.25) is 5.91 Å². The van der Waals surface area contributed by atoms with Crippen LogP contribution in [0.15, 0.2) is 42.5 Å². The third-order valence-corrected chi connectivity index (χ3v) is 4.79. The van der Waals surface area contributed by atoms with E-state index in [-0.39, 0.29) is 29.7 Å². The van der Waals surface area contributed by atoms with E-state index >= 15 is 0 Å². The number of nitrogens with zero attached hydrogens (tertiary/aromatic N) is 2. The Morgan fingerprint density at radius 3 is 2.45 bits per heavy atom. The molecule has 2 amide bonds. The molecular formula is C20H23ClN4O4. The highest BCUT2D eigenvalue weighted by atomic mass is 35.5. The summed E-state index contributed by atoms with van der Waals surface area (Å²) in [5.41, 5.74) is 1.46. The van der Waals surface area contributed by atoms with Crippen molar-refractivity contribution in [3.63, 3.8) is 0 Å². The number of hydrogen-bond donors (Lipinski definition) is 2. The molecule has 0 aliphatic heterocycles. The van der Waals surface area contributed by atoms with E-state index in [0.717, 1.165) is 5.56 Å². The van der Waals surface area contributed by atoms with Crippen molar-refractivity contribution in [1.29, 1.82) is 0 Å². The van der Waals surface area contributed by atoms with E-state index < -0.39 is 10.8 Å². The Labute approximate surface area is 174 Å². The summed E-state index contributed by atoms with van der Waals surface area (Å²) in [7, 11) is 3.78. The van der Waals surface area contributed by atoms with Crippen LogP contribution in [0.25, 0.3) is 0 Å². The van der Waals surface area contributed by atoms with Gasteiger partial charge in [0, 0.05) is 28.8 Å². The van der Waals surface area contributed by atoms with Gasteiger partial charge in [-0.3, -0.25) is 19.7 Å². The van der Waals surface area contributed by atoms with Crippen molar-refractivity contribution in [3.8, 4) is 0 Å². The van der Waals surface area contributed by atoms with E-state index in [1.54, 1.807) is 13.0 Å². The number of likely N-dealkylation sites (N-methyl/N-ethyl adjacent to an activating group) is 1. The van der Waals surface area contributed by atoms with Gasteiger partial charge in [0.05, 0.1) is 17.5 Å². The van der Waals surface area contributed by atoms with E-state index in [9.17, 15) is 19.7 Å². The third kappa shape index (κ3) is 6.00. The number of hydrogen-bond acceptors (Lipinski definition) is 5. The first-order chi connectivity index (χ1) is 13.7. The molecule has 29 heavy (non-hydrogen) atoms. The summed E-state index contributed by atoms with van der Waals surface area (Å²) in [6.45, 7) is 1.66. The zero-order valence-corrected chi connectivity index (χ0v) is 17.2. The van der Waals surface area contributed by atoms with Gasteiger partial charge >= 0.3 is 0 Å². The van der Waals surface area contributed by atoms with Gasteiger partial charge in [-0.15, -0.1) is 0 Å². The summed E-state index contributed by atoms with van der Waals surface area (Å²) >= 11 is 6.25. The van der Waals surface area contributed by atoms with Crippen molar-refractivity contribution in [2.24, 2.45) is 0 Å². The molecule has 0 aliphatic carbocycles. The molecule has 0 aliphatic rings. The van der Waals surface area contributed by atoms with Gasteiger partial charge in [-0.2, -0.15) is 0 Å². The quantitative estimate of drug-likeness (QED) is 0.506. The summed E-state index contributed by atoms with van der Waals surface area (Å²) in [5, 5.41) is 16.8. The summed E-state index contributed by atoms with van der Waals surface area (Å²) in [6, 6.07) is 11.3. The van der Waals surface area contributed by atoms with Crippen LogP contribution in [-0.2, 0) is 4.79 Å². The molecule has 154 valence electrons. The van der Waals surface area contributed by atoms with E-state index in [2.05, 4.69) is 10.6 Å². The summed E-state index contributed by atoms with van der Waals surface area (Å²) in [4.78, 5) is 36.7. The van der Waals surface area contributed by atoms with E-state index in [0.29, 0.717) is 17.1 Å². The SMILES string of the molecule is Cc1cc(C(=O)NCC(=O)NCC(c2ccccc2Cl)N(C)C)ccc1[N+](=O)[O-]. The largest absolute Gasteiger partial charge is 0.353 e. The number of nitrogens with one attached hydrogen (secondary N) is 2. The van der Waals surface area contributed by atoms with Crippen molar-refractivity contribution in [2.75, 3.05) is 27.2 Å². The topological polar surface area (TPSA) is 105 Å². The maximum absolute atomic E-state index is 12.2. The number of amides is 2. The molecule has 1 unspecified atom stereocenters. The van der Waals surface area contributed by atoms with E-state index in [1.165, 1.54) is 18.2 Å². The number of nitro benzene ring substituents is 1. The Bertz CT molecular complexity index is 917. The first kappa shape index (κ1) is 22.3. The predicted octanol–water partition coefficient (Wildman–Crippen LogP) is 2.71. The molecule has 0 spiro atoms. The van der Waals surface area contributed by atoms with Gasteiger partial charge in [0.25, 0.3) is 11.6 Å². The number of aryl methyl sites for hydroxylation is 1. The lowest BCUT2D eigenvalue weighted by molar-refractivity contribution is -0.385. The molecule has 2 aromatic carbocycles. The molecule has 2 rings (SSSR count). The lowest BCUT2D eigenvalue weighted by Gasteiger charge is -2.26. The molecule has 0 heterocycles. The Morgan fingerprint density at radius 1 is 1.17 bits per heavy atom. The maximum atomic E-state index is 12.2. The van der Waals surface area contributed by atoms with Gasteiger partial charge in [-0.1, -0.05) is 29.8 Å². The van der Waals surface area contributed by atoms with E-state index in [1.807, 2.05) is 37.2 Å². The Kier molecular flexibility index (Phi) is 7.69. The monoisotopic (exact) mass is 418 g/mol. The van der Waals surface area contributed by atoms with Crippen LogP contribution in [0.3, 0.4) is 0 Å². The third-order valence-electron chi connectivity index (χ3n) is 4.45. The van der Waals surface area contributed by atoms with Gasteiger partial charge in [-0.05, 0) is 44.8 Å².